The van der Waals surface area contributed by atoms with Crippen LogP contribution in [0.15, 0.2) is 18.2 Å². The first-order chi connectivity index (χ1) is 10.4. The molecular formula is C16H23ClFN3O. The third-order valence-electron chi connectivity index (χ3n) is 4.19. The number of likely N-dealkylation sites (tertiary alicyclic amines) is 1. The maximum Gasteiger partial charge on any atom is 0.314 e. The van der Waals surface area contributed by atoms with Gasteiger partial charge in [0.15, 0.2) is 0 Å². The number of rotatable bonds is 4. The number of hydrogen-bond donors (Lipinski definition) is 2. The van der Waals surface area contributed by atoms with Gasteiger partial charge in [0.2, 0.25) is 0 Å². The summed E-state index contributed by atoms with van der Waals surface area (Å²) in [5.74, 6) is -0.0434. The van der Waals surface area contributed by atoms with Crippen LogP contribution in [0, 0.1) is 11.7 Å². The SMILES string of the molecule is CC(C)C(NC1CCN(C(N)=O)CC1)c1ccc(Cl)cc1F. The Morgan fingerprint density at radius 3 is 2.55 bits per heavy atom. The average molecular weight is 328 g/mol. The maximum absolute atomic E-state index is 14.2. The van der Waals surface area contributed by atoms with Crippen LogP contribution in [-0.4, -0.2) is 30.1 Å². The summed E-state index contributed by atoms with van der Waals surface area (Å²) in [4.78, 5) is 12.8. The number of carbonyl (C=O) groups is 1. The fourth-order valence-electron chi connectivity index (χ4n) is 2.92. The molecule has 0 saturated carbocycles. The van der Waals surface area contributed by atoms with Gasteiger partial charge in [-0.1, -0.05) is 31.5 Å². The average Bonchev–Trinajstić information content (AvgIpc) is 2.45. The van der Waals surface area contributed by atoms with Crippen LogP contribution in [0.25, 0.3) is 0 Å². The van der Waals surface area contributed by atoms with Gasteiger partial charge in [-0.3, -0.25) is 0 Å². The molecule has 4 nitrogen and oxygen atoms in total. The number of nitrogens with one attached hydrogen (secondary N) is 1. The fourth-order valence-corrected chi connectivity index (χ4v) is 3.07. The molecule has 0 bridgehead atoms. The Kier molecular flexibility index (Phi) is 5.64. The minimum absolute atomic E-state index is 0.0811. The summed E-state index contributed by atoms with van der Waals surface area (Å²) in [6.07, 6.45) is 1.64. The van der Waals surface area contributed by atoms with Gasteiger partial charge < -0.3 is 16.0 Å². The van der Waals surface area contributed by atoms with Crippen molar-refractivity contribution in [3.8, 4) is 0 Å². The zero-order chi connectivity index (χ0) is 16.3. The summed E-state index contributed by atoms with van der Waals surface area (Å²) in [5.41, 5.74) is 5.93. The van der Waals surface area contributed by atoms with Gasteiger partial charge in [-0.15, -0.1) is 0 Å². The largest absolute Gasteiger partial charge is 0.351 e. The monoisotopic (exact) mass is 327 g/mol. The number of carbonyl (C=O) groups excluding carboxylic acids is 1. The van der Waals surface area contributed by atoms with Gasteiger partial charge in [0.05, 0.1) is 0 Å². The Bertz CT molecular complexity index is 530. The Morgan fingerprint density at radius 2 is 2.05 bits per heavy atom. The van der Waals surface area contributed by atoms with E-state index in [0.717, 1.165) is 12.8 Å². The van der Waals surface area contributed by atoms with Crippen LogP contribution < -0.4 is 11.1 Å². The molecule has 1 fully saturated rings. The molecule has 3 N–H and O–H groups in total. The summed E-state index contributed by atoms with van der Waals surface area (Å²) in [7, 11) is 0. The van der Waals surface area contributed by atoms with E-state index in [2.05, 4.69) is 19.2 Å². The van der Waals surface area contributed by atoms with E-state index in [1.54, 1.807) is 17.0 Å². The molecule has 1 aromatic rings. The topological polar surface area (TPSA) is 58.4 Å². The van der Waals surface area contributed by atoms with Crippen molar-refractivity contribution in [1.82, 2.24) is 10.2 Å². The van der Waals surface area contributed by atoms with Gasteiger partial charge in [-0.05, 0) is 30.9 Å². The lowest BCUT2D eigenvalue weighted by Crippen LogP contribution is -2.48. The van der Waals surface area contributed by atoms with Gasteiger partial charge in [-0.25, -0.2) is 9.18 Å². The second-order valence-electron chi connectivity index (χ2n) is 6.15. The molecule has 1 aromatic carbocycles. The zero-order valence-corrected chi connectivity index (χ0v) is 13.7. The van der Waals surface area contributed by atoms with E-state index >= 15 is 0 Å². The zero-order valence-electron chi connectivity index (χ0n) is 13.0. The molecule has 6 heteroatoms. The van der Waals surface area contributed by atoms with Crippen LogP contribution in [0.4, 0.5) is 9.18 Å². The molecule has 0 radical (unpaired) electrons. The molecule has 2 rings (SSSR count). The van der Waals surface area contributed by atoms with E-state index in [0.29, 0.717) is 23.7 Å². The van der Waals surface area contributed by atoms with E-state index < -0.39 is 0 Å². The van der Waals surface area contributed by atoms with Crippen molar-refractivity contribution in [2.75, 3.05) is 13.1 Å². The van der Waals surface area contributed by atoms with Crippen LogP contribution in [0.1, 0.15) is 38.3 Å². The van der Waals surface area contributed by atoms with Crippen molar-refractivity contribution in [2.24, 2.45) is 11.7 Å². The highest BCUT2D eigenvalue weighted by atomic mass is 35.5. The number of benzene rings is 1. The number of halogens is 2. The molecular weight excluding hydrogens is 305 g/mol. The van der Waals surface area contributed by atoms with Gasteiger partial charge in [-0.2, -0.15) is 0 Å². The summed E-state index contributed by atoms with van der Waals surface area (Å²) < 4.78 is 14.2. The van der Waals surface area contributed by atoms with Crippen molar-refractivity contribution in [2.45, 2.75) is 38.8 Å². The molecule has 0 spiro atoms. The summed E-state index contributed by atoms with van der Waals surface area (Å²) >= 11 is 5.83. The number of amides is 2. The molecule has 22 heavy (non-hydrogen) atoms. The van der Waals surface area contributed by atoms with Gasteiger partial charge in [0.25, 0.3) is 0 Å². The quantitative estimate of drug-likeness (QED) is 0.891. The highest BCUT2D eigenvalue weighted by Crippen LogP contribution is 2.28. The lowest BCUT2D eigenvalue weighted by Gasteiger charge is -2.35. The third-order valence-corrected chi connectivity index (χ3v) is 4.42. The Labute approximate surface area is 135 Å². The van der Waals surface area contributed by atoms with E-state index in [9.17, 15) is 9.18 Å². The molecule has 2 amide bonds. The smallest absolute Gasteiger partial charge is 0.314 e. The Hall–Kier alpha value is -1.33. The summed E-state index contributed by atoms with van der Waals surface area (Å²) in [6, 6.07) is 4.60. The van der Waals surface area contributed by atoms with E-state index in [-0.39, 0.29) is 29.8 Å². The van der Waals surface area contributed by atoms with Crippen LogP contribution in [0.5, 0.6) is 0 Å². The lowest BCUT2D eigenvalue weighted by atomic mass is 9.93. The van der Waals surface area contributed by atoms with Crippen LogP contribution in [-0.2, 0) is 0 Å². The molecule has 1 aliphatic rings. The first kappa shape index (κ1) is 17.0. The second-order valence-corrected chi connectivity index (χ2v) is 6.59. The van der Waals surface area contributed by atoms with Crippen molar-refractivity contribution in [1.29, 1.82) is 0 Å². The summed E-state index contributed by atoms with van der Waals surface area (Å²) in [5, 5.41) is 3.93. The number of piperidine rings is 1. The van der Waals surface area contributed by atoms with Crippen LogP contribution in [0.3, 0.4) is 0 Å². The minimum Gasteiger partial charge on any atom is -0.351 e. The summed E-state index contributed by atoms with van der Waals surface area (Å²) in [6.45, 7) is 5.40. The van der Waals surface area contributed by atoms with Crippen molar-refractivity contribution in [3.05, 3.63) is 34.6 Å². The Morgan fingerprint density at radius 1 is 1.41 bits per heavy atom. The predicted octanol–water partition coefficient (Wildman–Crippen LogP) is 3.31. The highest BCUT2D eigenvalue weighted by Gasteiger charge is 2.26. The van der Waals surface area contributed by atoms with Crippen molar-refractivity contribution < 1.29 is 9.18 Å². The molecule has 1 aliphatic heterocycles. The molecule has 0 aromatic heterocycles. The predicted molar refractivity (Wildman–Crippen MR) is 86.3 cm³/mol. The Balaban J connectivity index is 2.05. The maximum atomic E-state index is 14.2. The molecule has 122 valence electrons. The fraction of sp³-hybridized carbons (Fsp3) is 0.562. The van der Waals surface area contributed by atoms with Gasteiger partial charge in [0.1, 0.15) is 5.82 Å². The number of hydrogen-bond acceptors (Lipinski definition) is 2. The van der Waals surface area contributed by atoms with E-state index in [1.807, 2.05) is 0 Å². The standard InChI is InChI=1S/C16H23ClFN3O/c1-10(2)15(13-4-3-11(17)9-14(13)18)20-12-5-7-21(8-6-12)16(19)22/h3-4,9-10,12,15,20H,5-8H2,1-2H3,(H2,19,22). The second kappa shape index (κ2) is 7.29. The molecule has 1 unspecified atom stereocenters. The van der Waals surface area contributed by atoms with Crippen molar-refractivity contribution >= 4 is 17.6 Å². The number of urea groups is 1. The third kappa shape index (κ3) is 4.11. The van der Waals surface area contributed by atoms with Crippen molar-refractivity contribution in [3.63, 3.8) is 0 Å². The van der Waals surface area contributed by atoms with Crippen LogP contribution >= 0.6 is 11.6 Å². The normalized spacial score (nSPS) is 17.8. The molecule has 1 heterocycles. The molecule has 0 aliphatic carbocycles. The van der Waals surface area contributed by atoms with Gasteiger partial charge >= 0.3 is 6.03 Å². The van der Waals surface area contributed by atoms with E-state index in [4.69, 9.17) is 17.3 Å². The number of primary amides is 1. The van der Waals surface area contributed by atoms with E-state index in [1.165, 1.54) is 6.07 Å². The molecule has 1 saturated heterocycles. The molecule has 1 atom stereocenters. The number of nitrogens with two attached hydrogens (primary N) is 1. The van der Waals surface area contributed by atoms with Gasteiger partial charge in [0, 0.05) is 35.8 Å². The first-order valence-corrected chi connectivity index (χ1v) is 8.01. The lowest BCUT2D eigenvalue weighted by molar-refractivity contribution is 0.179. The first-order valence-electron chi connectivity index (χ1n) is 7.64. The number of nitrogens with zero attached hydrogens (tertiary/aromatic N) is 1. The minimum atomic E-state index is -0.373. The highest BCUT2D eigenvalue weighted by molar-refractivity contribution is 6.30. The van der Waals surface area contributed by atoms with Crippen LogP contribution in [0.2, 0.25) is 5.02 Å².